The monoisotopic (exact) mass is 373 g/mol. The zero-order valence-corrected chi connectivity index (χ0v) is 15.6. The average molecular weight is 373 g/mol. The van der Waals surface area contributed by atoms with Gasteiger partial charge in [-0.3, -0.25) is 14.2 Å². The zero-order valence-electron chi connectivity index (χ0n) is 15.6. The van der Waals surface area contributed by atoms with Crippen LogP contribution in [0.15, 0.2) is 64.3 Å². The van der Waals surface area contributed by atoms with Crippen molar-refractivity contribution in [3.8, 4) is 11.1 Å². The van der Waals surface area contributed by atoms with E-state index in [9.17, 15) is 14.4 Å². The first kappa shape index (κ1) is 17.7. The van der Waals surface area contributed by atoms with Crippen LogP contribution in [0.3, 0.4) is 0 Å². The van der Waals surface area contributed by atoms with Crippen LogP contribution in [-0.2, 0) is 25.3 Å². The van der Waals surface area contributed by atoms with E-state index in [0.717, 1.165) is 11.0 Å². The number of aromatic nitrogens is 2. The summed E-state index contributed by atoms with van der Waals surface area (Å²) in [6.07, 6.45) is 4.98. The highest BCUT2D eigenvalue weighted by atomic mass is 16.2. The maximum atomic E-state index is 12.3. The molecule has 0 aliphatic heterocycles. The number of carbonyl (C=O) groups excluding carboxylic acids is 1. The topological polar surface area (TPSA) is 73.1 Å². The van der Waals surface area contributed by atoms with Gasteiger partial charge in [0.1, 0.15) is 0 Å². The van der Waals surface area contributed by atoms with Gasteiger partial charge in [-0.15, -0.1) is 0 Å². The molecule has 6 heteroatoms. The fourth-order valence-electron chi connectivity index (χ4n) is 3.52. The highest BCUT2D eigenvalue weighted by molar-refractivity contribution is 6.02. The van der Waals surface area contributed by atoms with Crippen LogP contribution in [0.5, 0.6) is 0 Å². The molecule has 2 aromatic carbocycles. The molecule has 28 heavy (non-hydrogen) atoms. The number of hydrogen-bond acceptors (Lipinski definition) is 3. The van der Waals surface area contributed by atoms with Crippen molar-refractivity contribution in [3.63, 3.8) is 0 Å². The minimum Gasteiger partial charge on any atom is -0.323 e. The summed E-state index contributed by atoms with van der Waals surface area (Å²) in [6.45, 7) is 0. The van der Waals surface area contributed by atoms with Gasteiger partial charge >= 0.3 is 5.69 Å². The van der Waals surface area contributed by atoms with Gasteiger partial charge in [0.15, 0.2) is 0 Å². The number of anilines is 1. The molecule has 1 amide bonds. The van der Waals surface area contributed by atoms with Crippen LogP contribution in [0.2, 0.25) is 0 Å². The van der Waals surface area contributed by atoms with Crippen molar-refractivity contribution in [3.05, 3.63) is 92.3 Å². The molecule has 1 N–H and O–H groups in total. The fraction of sp³-hybridized carbons (Fsp3) is 0.136. The van der Waals surface area contributed by atoms with Crippen molar-refractivity contribution in [2.45, 2.75) is 6.42 Å². The lowest BCUT2D eigenvalue weighted by atomic mass is 10.1. The summed E-state index contributed by atoms with van der Waals surface area (Å²) < 4.78 is 2.31. The lowest BCUT2D eigenvalue weighted by molar-refractivity contribution is -0.111. The first-order valence-corrected chi connectivity index (χ1v) is 8.91. The first-order valence-electron chi connectivity index (χ1n) is 8.91. The van der Waals surface area contributed by atoms with Gasteiger partial charge in [0.25, 0.3) is 5.56 Å². The summed E-state index contributed by atoms with van der Waals surface area (Å²) in [6, 6.07) is 14.1. The minimum absolute atomic E-state index is 0.268. The molecule has 6 nitrogen and oxygen atoms in total. The largest absolute Gasteiger partial charge is 0.330 e. The summed E-state index contributed by atoms with van der Waals surface area (Å²) >= 11 is 0. The molecule has 0 radical (unpaired) electrons. The van der Waals surface area contributed by atoms with Gasteiger partial charge in [0, 0.05) is 32.1 Å². The lowest BCUT2D eigenvalue weighted by Gasteiger charge is -2.06. The number of benzene rings is 2. The van der Waals surface area contributed by atoms with Crippen molar-refractivity contribution >= 4 is 17.7 Å². The third-order valence-electron chi connectivity index (χ3n) is 4.95. The molecule has 1 aliphatic carbocycles. The Balaban J connectivity index is 1.53. The van der Waals surface area contributed by atoms with Crippen LogP contribution in [0.1, 0.15) is 16.7 Å². The predicted octanol–water partition coefficient (Wildman–Crippen LogP) is 2.31. The molecule has 1 aromatic heterocycles. The number of fused-ring (bicyclic) bond motifs is 3. The molecule has 3 aromatic rings. The van der Waals surface area contributed by atoms with Gasteiger partial charge < -0.3 is 9.88 Å². The normalized spacial score (nSPS) is 12.1. The Morgan fingerprint density at radius 1 is 1.04 bits per heavy atom. The van der Waals surface area contributed by atoms with E-state index in [1.165, 1.54) is 52.2 Å². The van der Waals surface area contributed by atoms with Gasteiger partial charge in [-0.1, -0.05) is 30.3 Å². The number of carbonyl (C=O) groups is 1. The molecule has 140 valence electrons. The van der Waals surface area contributed by atoms with Crippen LogP contribution in [0.25, 0.3) is 17.2 Å². The van der Waals surface area contributed by atoms with Gasteiger partial charge in [0.05, 0.1) is 5.56 Å². The van der Waals surface area contributed by atoms with Gasteiger partial charge in [-0.25, -0.2) is 4.79 Å². The third kappa shape index (κ3) is 3.09. The quantitative estimate of drug-likeness (QED) is 0.560. The lowest BCUT2D eigenvalue weighted by Crippen LogP contribution is -2.37. The average Bonchev–Trinajstić information content (AvgIpc) is 3.05. The van der Waals surface area contributed by atoms with E-state index < -0.39 is 11.2 Å². The van der Waals surface area contributed by atoms with Gasteiger partial charge in [-0.2, -0.15) is 0 Å². The molecule has 0 unspecified atom stereocenters. The second kappa shape index (κ2) is 6.81. The van der Waals surface area contributed by atoms with Gasteiger partial charge in [0.2, 0.25) is 5.91 Å². The fourth-order valence-corrected chi connectivity index (χ4v) is 3.52. The Labute approximate surface area is 161 Å². The molecule has 0 saturated heterocycles. The summed E-state index contributed by atoms with van der Waals surface area (Å²) in [4.78, 5) is 36.1. The Hall–Kier alpha value is -3.67. The molecule has 4 rings (SSSR count). The molecule has 0 fully saturated rings. The molecule has 1 aliphatic rings. The summed E-state index contributed by atoms with van der Waals surface area (Å²) in [5.74, 6) is -0.341. The molecule has 0 atom stereocenters. The number of hydrogen-bond donors (Lipinski definition) is 1. The number of amides is 1. The van der Waals surface area contributed by atoms with Crippen molar-refractivity contribution in [1.82, 2.24) is 9.13 Å². The minimum atomic E-state index is -0.442. The summed E-state index contributed by atoms with van der Waals surface area (Å²) in [5.41, 5.74) is 5.01. The predicted molar refractivity (Wildman–Crippen MR) is 109 cm³/mol. The van der Waals surface area contributed by atoms with E-state index in [2.05, 4.69) is 17.4 Å². The number of aryl methyl sites for hydroxylation is 1. The highest BCUT2D eigenvalue weighted by Gasteiger charge is 2.18. The van der Waals surface area contributed by atoms with E-state index in [1.54, 1.807) is 7.05 Å². The summed E-state index contributed by atoms with van der Waals surface area (Å²) in [7, 11) is 2.96. The molecular formula is C22H19N3O3. The van der Waals surface area contributed by atoms with Crippen LogP contribution < -0.4 is 16.6 Å². The Bertz CT molecular complexity index is 1250. The van der Waals surface area contributed by atoms with E-state index >= 15 is 0 Å². The Morgan fingerprint density at radius 3 is 2.61 bits per heavy atom. The molecular weight excluding hydrogens is 354 g/mol. The smallest absolute Gasteiger partial charge is 0.323 e. The molecule has 0 bridgehead atoms. The van der Waals surface area contributed by atoms with E-state index in [4.69, 9.17) is 0 Å². The standard InChI is InChI=1S/C22H19N3O3/c1-24-13-15(21(27)25(2)22(24)28)7-10-20(26)23-17-8-9-19-16(12-17)11-14-5-3-4-6-18(14)19/h3-10,12-13H,11H2,1-2H3,(H,23,26)/b10-7+. The van der Waals surface area contributed by atoms with E-state index in [1.807, 2.05) is 30.3 Å². The molecule has 0 spiro atoms. The SMILES string of the molecule is Cn1cc(/C=C/C(=O)Nc2ccc3c(c2)Cc2ccccc2-3)c(=O)n(C)c1=O. The highest BCUT2D eigenvalue weighted by Crippen LogP contribution is 2.37. The molecule has 1 heterocycles. The van der Waals surface area contributed by atoms with Crippen molar-refractivity contribution in [2.24, 2.45) is 14.1 Å². The summed E-state index contributed by atoms with van der Waals surface area (Å²) in [5, 5.41) is 2.83. The second-order valence-corrected chi connectivity index (χ2v) is 6.87. The van der Waals surface area contributed by atoms with Crippen LogP contribution in [-0.4, -0.2) is 15.0 Å². The van der Waals surface area contributed by atoms with Gasteiger partial charge in [-0.05, 0) is 46.9 Å². The maximum Gasteiger partial charge on any atom is 0.330 e. The Kier molecular flexibility index (Phi) is 4.31. The van der Waals surface area contributed by atoms with E-state index in [0.29, 0.717) is 5.69 Å². The first-order chi connectivity index (χ1) is 13.4. The van der Waals surface area contributed by atoms with Crippen LogP contribution >= 0.6 is 0 Å². The van der Waals surface area contributed by atoms with Crippen molar-refractivity contribution < 1.29 is 4.79 Å². The molecule has 0 saturated carbocycles. The number of rotatable bonds is 3. The Morgan fingerprint density at radius 2 is 1.79 bits per heavy atom. The van der Waals surface area contributed by atoms with Crippen molar-refractivity contribution in [2.75, 3.05) is 5.32 Å². The number of nitrogens with zero attached hydrogens (tertiary/aromatic N) is 2. The zero-order chi connectivity index (χ0) is 19.8. The van der Waals surface area contributed by atoms with E-state index in [-0.39, 0.29) is 11.5 Å². The van der Waals surface area contributed by atoms with Crippen molar-refractivity contribution in [1.29, 1.82) is 0 Å². The maximum absolute atomic E-state index is 12.3. The van der Waals surface area contributed by atoms with Crippen LogP contribution in [0.4, 0.5) is 5.69 Å². The second-order valence-electron chi connectivity index (χ2n) is 6.87. The number of nitrogens with one attached hydrogen (secondary N) is 1. The third-order valence-corrected chi connectivity index (χ3v) is 4.95. The van der Waals surface area contributed by atoms with Crippen LogP contribution in [0, 0.1) is 0 Å².